The van der Waals surface area contributed by atoms with Gasteiger partial charge in [0.25, 0.3) is 5.91 Å². The third-order valence-electron chi connectivity index (χ3n) is 2.90. The molecular weight excluding hydrogens is 435 g/mol. The molecule has 0 fully saturated rings. The van der Waals surface area contributed by atoms with Gasteiger partial charge >= 0.3 is 0 Å². The van der Waals surface area contributed by atoms with E-state index in [4.69, 9.17) is 40.2 Å². The molecule has 0 aliphatic heterocycles. The molecule has 0 saturated heterocycles. The van der Waals surface area contributed by atoms with E-state index in [-0.39, 0.29) is 11.0 Å². The van der Waals surface area contributed by atoms with Crippen LogP contribution >= 0.6 is 51.3 Å². The van der Waals surface area contributed by atoms with E-state index in [1.165, 1.54) is 0 Å². The van der Waals surface area contributed by atoms with Gasteiger partial charge in [-0.1, -0.05) is 23.2 Å². The van der Waals surface area contributed by atoms with Gasteiger partial charge in [-0.2, -0.15) is 0 Å². The van der Waals surface area contributed by atoms with Crippen LogP contribution in [-0.2, 0) is 0 Å². The average Bonchev–Trinajstić information content (AvgIpc) is 2.53. The van der Waals surface area contributed by atoms with E-state index in [9.17, 15) is 4.79 Å². The second-order valence-electron chi connectivity index (χ2n) is 4.61. The van der Waals surface area contributed by atoms with E-state index in [0.29, 0.717) is 38.1 Å². The van der Waals surface area contributed by atoms with Crippen molar-refractivity contribution in [3.05, 3.63) is 56.5 Å². The second-order valence-corrected chi connectivity index (χ2v) is 6.72. The first kappa shape index (κ1) is 19.0. The maximum absolute atomic E-state index is 12.3. The van der Waals surface area contributed by atoms with Crippen LogP contribution in [-0.4, -0.2) is 17.6 Å². The number of hydrogen-bond donors (Lipinski definition) is 2. The second kappa shape index (κ2) is 8.67. The number of thiocarbonyl (C=S) groups is 1. The Morgan fingerprint density at radius 1 is 1.25 bits per heavy atom. The number of benzene rings is 2. The first-order chi connectivity index (χ1) is 11.4. The molecule has 0 aliphatic carbocycles. The molecule has 0 bridgehead atoms. The lowest BCUT2D eigenvalue weighted by Gasteiger charge is -2.12. The Morgan fingerprint density at radius 3 is 2.67 bits per heavy atom. The minimum atomic E-state index is -0.352. The first-order valence-electron chi connectivity index (χ1n) is 6.90. The zero-order valence-corrected chi connectivity index (χ0v) is 16.4. The molecule has 2 rings (SSSR count). The molecule has 0 unspecified atom stereocenters. The molecule has 0 spiro atoms. The fourth-order valence-electron chi connectivity index (χ4n) is 1.84. The summed E-state index contributed by atoms with van der Waals surface area (Å²) in [6.45, 7) is 2.43. The maximum atomic E-state index is 12.3. The molecule has 4 nitrogen and oxygen atoms in total. The third-order valence-corrected chi connectivity index (χ3v) is 4.29. The molecule has 8 heteroatoms. The normalized spacial score (nSPS) is 10.2. The minimum Gasteiger partial charge on any atom is -0.493 e. The lowest BCUT2D eigenvalue weighted by atomic mass is 10.2. The van der Waals surface area contributed by atoms with Crippen molar-refractivity contribution in [3.8, 4) is 5.75 Å². The van der Waals surface area contributed by atoms with Crippen molar-refractivity contribution >= 4 is 68.1 Å². The number of carbonyl (C=O) groups is 1. The number of nitrogens with one attached hydrogen (secondary N) is 2. The summed E-state index contributed by atoms with van der Waals surface area (Å²) in [4.78, 5) is 12.3. The molecule has 0 saturated carbocycles. The Kier molecular flexibility index (Phi) is 6.86. The smallest absolute Gasteiger partial charge is 0.257 e. The summed E-state index contributed by atoms with van der Waals surface area (Å²) in [6.07, 6.45) is 0. The van der Waals surface area contributed by atoms with Gasteiger partial charge in [0, 0.05) is 10.6 Å². The van der Waals surface area contributed by atoms with Crippen molar-refractivity contribution in [1.29, 1.82) is 0 Å². The predicted octanol–water partition coefficient (Wildman–Crippen LogP) is 5.28. The van der Waals surface area contributed by atoms with Crippen LogP contribution in [0.1, 0.15) is 17.3 Å². The van der Waals surface area contributed by atoms with Gasteiger partial charge in [0.1, 0.15) is 5.75 Å². The van der Waals surface area contributed by atoms with Gasteiger partial charge in [0.2, 0.25) is 0 Å². The number of halogens is 3. The lowest BCUT2D eigenvalue weighted by Crippen LogP contribution is -2.34. The first-order valence-corrected chi connectivity index (χ1v) is 8.86. The number of hydrogen-bond acceptors (Lipinski definition) is 3. The Bertz CT molecular complexity index is 787. The zero-order valence-electron chi connectivity index (χ0n) is 12.5. The molecule has 126 valence electrons. The van der Waals surface area contributed by atoms with E-state index in [0.717, 1.165) is 0 Å². The number of rotatable bonds is 4. The van der Waals surface area contributed by atoms with E-state index in [1.807, 2.05) is 6.92 Å². The van der Waals surface area contributed by atoms with Crippen molar-refractivity contribution in [2.45, 2.75) is 6.92 Å². The summed E-state index contributed by atoms with van der Waals surface area (Å²) in [5.74, 6) is 0.315. The molecule has 2 N–H and O–H groups in total. The molecule has 0 heterocycles. The summed E-state index contributed by atoms with van der Waals surface area (Å²) in [5.41, 5.74) is 0.953. The molecule has 0 aromatic heterocycles. The van der Waals surface area contributed by atoms with Crippen LogP contribution in [0.4, 0.5) is 5.69 Å². The van der Waals surface area contributed by atoms with E-state index in [2.05, 4.69) is 26.6 Å². The van der Waals surface area contributed by atoms with Gasteiger partial charge in [-0.25, -0.2) is 0 Å². The maximum Gasteiger partial charge on any atom is 0.257 e. The van der Waals surface area contributed by atoms with Crippen molar-refractivity contribution in [2.24, 2.45) is 0 Å². The Labute approximate surface area is 163 Å². The van der Waals surface area contributed by atoms with Gasteiger partial charge in [-0.3, -0.25) is 10.1 Å². The zero-order chi connectivity index (χ0) is 17.7. The summed E-state index contributed by atoms with van der Waals surface area (Å²) in [7, 11) is 0. The number of carbonyl (C=O) groups excluding carboxylic acids is 1. The molecule has 1 amide bonds. The molecule has 24 heavy (non-hydrogen) atoms. The highest BCUT2D eigenvalue weighted by Crippen LogP contribution is 2.27. The summed E-state index contributed by atoms with van der Waals surface area (Å²) in [5, 5.41) is 6.50. The van der Waals surface area contributed by atoms with Crippen molar-refractivity contribution < 1.29 is 9.53 Å². The van der Waals surface area contributed by atoms with E-state index in [1.54, 1.807) is 36.4 Å². The highest BCUT2D eigenvalue weighted by molar-refractivity contribution is 9.10. The Hall–Kier alpha value is -1.34. The van der Waals surface area contributed by atoms with Gasteiger partial charge < -0.3 is 10.1 Å². The number of ether oxygens (including phenoxy) is 1. The quantitative estimate of drug-likeness (QED) is 0.626. The van der Waals surface area contributed by atoms with Crippen LogP contribution in [0.5, 0.6) is 5.75 Å². The van der Waals surface area contributed by atoms with Crippen LogP contribution in [0.2, 0.25) is 10.0 Å². The van der Waals surface area contributed by atoms with Gasteiger partial charge in [-0.15, -0.1) is 0 Å². The van der Waals surface area contributed by atoms with Crippen LogP contribution in [0.3, 0.4) is 0 Å². The molecule has 0 radical (unpaired) electrons. The minimum absolute atomic E-state index is 0.120. The van der Waals surface area contributed by atoms with Crippen LogP contribution in [0.15, 0.2) is 40.9 Å². The summed E-state index contributed by atoms with van der Waals surface area (Å²) < 4.78 is 6.10. The van der Waals surface area contributed by atoms with Crippen molar-refractivity contribution in [3.63, 3.8) is 0 Å². The van der Waals surface area contributed by atoms with Crippen LogP contribution < -0.4 is 15.4 Å². The fourth-order valence-corrected chi connectivity index (χ4v) is 2.87. The third kappa shape index (κ3) is 5.08. The number of amides is 1. The summed E-state index contributed by atoms with van der Waals surface area (Å²) >= 11 is 20.5. The Morgan fingerprint density at radius 2 is 2.00 bits per heavy atom. The molecule has 0 atom stereocenters. The average molecular weight is 448 g/mol. The van der Waals surface area contributed by atoms with Gasteiger partial charge in [0.05, 0.1) is 21.8 Å². The van der Waals surface area contributed by atoms with E-state index < -0.39 is 0 Å². The lowest BCUT2D eigenvalue weighted by molar-refractivity contribution is 0.0977. The molecule has 2 aromatic rings. The largest absolute Gasteiger partial charge is 0.493 e. The molecular formula is C16H13BrCl2N2O2S. The van der Waals surface area contributed by atoms with Gasteiger partial charge in [0.15, 0.2) is 5.11 Å². The monoisotopic (exact) mass is 446 g/mol. The fraction of sp³-hybridized carbons (Fsp3) is 0.125. The van der Waals surface area contributed by atoms with Crippen molar-refractivity contribution in [1.82, 2.24) is 5.32 Å². The highest BCUT2D eigenvalue weighted by Gasteiger charge is 2.12. The van der Waals surface area contributed by atoms with E-state index >= 15 is 0 Å². The molecule has 2 aromatic carbocycles. The Balaban J connectivity index is 2.05. The standard InChI is InChI=1S/C16H13BrCl2N2O2S/c1-2-23-14-6-3-9(7-11(14)17)15(22)21-16(24)20-13-8-10(18)4-5-12(13)19/h3-8H,2H2,1H3,(H2,20,21,22,24). The van der Waals surface area contributed by atoms with Crippen LogP contribution in [0, 0.1) is 0 Å². The van der Waals surface area contributed by atoms with Gasteiger partial charge in [-0.05, 0) is 71.5 Å². The molecule has 0 aliphatic rings. The number of anilines is 1. The predicted molar refractivity (Wildman–Crippen MR) is 105 cm³/mol. The topological polar surface area (TPSA) is 50.4 Å². The summed E-state index contributed by atoms with van der Waals surface area (Å²) in [6, 6.07) is 9.95. The highest BCUT2D eigenvalue weighted by atomic mass is 79.9. The van der Waals surface area contributed by atoms with Crippen LogP contribution in [0.25, 0.3) is 0 Å². The SMILES string of the molecule is CCOc1ccc(C(=O)NC(=S)Nc2cc(Cl)ccc2Cl)cc1Br. The van der Waals surface area contributed by atoms with Crippen molar-refractivity contribution in [2.75, 3.05) is 11.9 Å².